The molecule has 0 unspecified atom stereocenters. The maximum atomic E-state index is 13.2. The number of halogens is 1. The average molecular weight is 484 g/mol. The summed E-state index contributed by atoms with van der Waals surface area (Å²) in [6, 6.07) is 25.0. The highest BCUT2D eigenvalue weighted by atomic mass is 35.5. The maximum Gasteiger partial charge on any atom is 0.255 e. The van der Waals surface area contributed by atoms with Crippen molar-refractivity contribution < 1.29 is 13.2 Å². The van der Waals surface area contributed by atoms with E-state index in [4.69, 9.17) is 11.6 Å². The third-order valence-corrected chi connectivity index (χ3v) is 7.02. The second-order valence-corrected chi connectivity index (χ2v) is 9.95. The molecule has 3 rings (SSSR count). The van der Waals surface area contributed by atoms with E-state index in [0.717, 1.165) is 22.0 Å². The van der Waals surface area contributed by atoms with Crippen molar-refractivity contribution in [3.05, 3.63) is 101 Å². The molecule has 1 N–H and O–H groups in total. The molecule has 0 heterocycles. The Morgan fingerprint density at radius 2 is 1.48 bits per heavy atom. The summed E-state index contributed by atoms with van der Waals surface area (Å²) in [6.45, 7) is 1.51. The Labute approximate surface area is 200 Å². The molecule has 3 aromatic carbocycles. The minimum atomic E-state index is -3.93. The van der Waals surface area contributed by atoms with Crippen molar-refractivity contribution in [2.75, 3.05) is 6.54 Å². The number of hydrogen-bond donors (Lipinski definition) is 1. The fourth-order valence-corrected chi connectivity index (χ4v) is 4.66. The molecule has 1 amide bonds. The van der Waals surface area contributed by atoms with Gasteiger partial charge in [0.1, 0.15) is 0 Å². The van der Waals surface area contributed by atoms with Crippen LogP contribution in [0.3, 0.4) is 0 Å². The van der Waals surface area contributed by atoms with Gasteiger partial charge in [-0.05, 0) is 55.2 Å². The minimum Gasteiger partial charge on any atom is -0.272 e. The summed E-state index contributed by atoms with van der Waals surface area (Å²) in [5.74, 6) is -0.512. The molecule has 0 radical (unpaired) electrons. The standard InChI is InChI=1S/C25H26ClN3O3S/c1-20(12-13-21-8-4-2-5-9-21)27-28-25(30)19-29(18-22-10-6-3-7-11-22)33(31,32)24-16-14-23(26)15-17-24/h2-11,14-17H,12-13,18-19H2,1H3,(H,28,30)/b27-20-. The fraction of sp³-hybridized carbons (Fsp3) is 0.200. The van der Waals surface area contributed by atoms with Gasteiger partial charge in [-0.3, -0.25) is 4.79 Å². The molecule has 33 heavy (non-hydrogen) atoms. The van der Waals surface area contributed by atoms with Crippen molar-refractivity contribution in [3.8, 4) is 0 Å². The van der Waals surface area contributed by atoms with E-state index in [0.29, 0.717) is 11.4 Å². The Morgan fingerprint density at radius 3 is 2.09 bits per heavy atom. The van der Waals surface area contributed by atoms with Crippen LogP contribution in [0, 0.1) is 0 Å². The summed E-state index contributed by atoms with van der Waals surface area (Å²) < 4.78 is 27.6. The van der Waals surface area contributed by atoms with Gasteiger partial charge in [-0.2, -0.15) is 9.41 Å². The monoisotopic (exact) mass is 483 g/mol. The Morgan fingerprint density at radius 1 is 0.909 bits per heavy atom. The zero-order chi connectivity index (χ0) is 23.7. The molecular weight excluding hydrogens is 458 g/mol. The number of carbonyl (C=O) groups is 1. The lowest BCUT2D eigenvalue weighted by Gasteiger charge is -2.21. The second kappa shape index (κ2) is 11.7. The predicted molar refractivity (Wildman–Crippen MR) is 132 cm³/mol. The molecule has 8 heteroatoms. The first-order valence-corrected chi connectivity index (χ1v) is 12.3. The molecule has 0 aliphatic rings. The summed E-state index contributed by atoms with van der Waals surface area (Å²) in [5, 5.41) is 4.58. The number of benzene rings is 3. The molecule has 0 aromatic heterocycles. The lowest BCUT2D eigenvalue weighted by Crippen LogP contribution is -2.39. The summed E-state index contributed by atoms with van der Waals surface area (Å²) in [5.41, 5.74) is 5.19. The first kappa shape index (κ1) is 24.6. The summed E-state index contributed by atoms with van der Waals surface area (Å²) in [7, 11) is -3.93. The van der Waals surface area contributed by atoms with Gasteiger partial charge in [0.25, 0.3) is 5.91 Å². The van der Waals surface area contributed by atoms with Crippen LogP contribution in [0.1, 0.15) is 24.5 Å². The van der Waals surface area contributed by atoms with Crippen LogP contribution in [0.25, 0.3) is 0 Å². The highest BCUT2D eigenvalue weighted by Crippen LogP contribution is 2.20. The van der Waals surface area contributed by atoms with Gasteiger partial charge >= 0.3 is 0 Å². The van der Waals surface area contributed by atoms with E-state index in [1.54, 1.807) is 0 Å². The van der Waals surface area contributed by atoms with Gasteiger partial charge in [-0.1, -0.05) is 72.3 Å². The molecule has 0 atom stereocenters. The van der Waals surface area contributed by atoms with Crippen molar-refractivity contribution in [2.45, 2.75) is 31.2 Å². The van der Waals surface area contributed by atoms with Gasteiger partial charge in [0.2, 0.25) is 10.0 Å². The summed E-state index contributed by atoms with van der Waals surface area (Å²) in [4.78, 5) is 12.7. The van der Waals surface area contributed by atoms with E-state index in [2.05, 4.69) is 10.5 Å². The first-order chi connectivity index (χ1) is 15.8. The Kier molecular flexibility index (Phi) is 8.77. The van der Waals surface area contributed by atoms with E-state index in [-0.39, 0.29) is 18.0 Å². The molecule has 6 nitrogen and oxygen atoms in total. The van der Waals surface area contributed by atoms with Crippen LogP contribution >= 0.6 is 11.6 Å². The number of amides is 1. The van der Waals surface area contributed by atoms with Crippen LogP contribution in [0.5, 0.6) is 0 Å². The Hall–Kier alpha value is -3.00. The molecule has 0 aliphatic carbocycles. The molecule has 0 saturated heterocycles. The second-order valence-electron chi connectivity index (χ2n) is 7.58. The number of sulfonamides is 1. The van der Waals surface area contributed by atoms with E-state index in [1.807, 2.05) is 67.6 Å². The molecule has 0 spiro atoms. The number of nitrogens with one attached hydrogen (secondary N) is 1. The van der Waals surface area contributed by atoms with Crippen LogP contribution in [0.4, 0.5) is 0 Å². The molecule has 0 fully saturated rings. The number of hydrazone groups is 1. The number of rotatable bonds is 10. The largest absolute Gasteiger partial charge is 0.272 e. The molecule has 0 bridgehead atoms. The van der Waals surface area contributed by atoms with Gasteiger partial charge in [0, 0.05) is 17.3 Å². The van der Waals surface area contributed by atoms with Gasteiger partial charge < -0.3 is 0 Å². The minimum absolute atomic E-state index is 0.0515. The third kappa shape index (κ3) is 7.53. The van der Waals surface area contributed by atoms with E-state index < -0.39 is 15.9 Å². The summed E-state index contributed by atoms with van der Waals surface area (Å²) in [6.07, 6.45) is 1.48. The van der Waals surface area contributed by atoms with Gasteiger partial charge in [-0.25, -0.2) is 13.8 Å². The number of hydrogen-bond acceptors (Lipinski definition) is 4. The van der Waals surface area contributed by atoms with Crippen molar-refractivity contribution in [1.29, 1.82) is 0 Å². The lowest BCUT2D eigenvalue weighted by atomic mass is 10.1. The van der Waals surface area contributed by atoms with E-state index in [1.165, 1.54) is 29.8 Å². The number of carbonyl (C=O) groups excluding carboxylic acids is 1. The van der Waals surface area contributed by atoms with Crippen LogP contribution in [-0.2, 0) is 27.8 Å². The van der Waals surface area contributed by atoms with Gasteiger partial charge in [-0.15, -0.1) is 0 Å². The molecule has 0 aliphatic heterocycles. The molecular formula is C25H26ClN3O3S. The van der Waals surface area contributed by atoms with Crippen LogP contribution in [-0.4, -0.2) is 30.9 Å². The van der Waals surface area contributed by atoms with E-state index >= 15 is 0 Å². The highest BCUT2D eigenvalue weighted by Gasteiger charge is 2.27. The molecule has 3 aromatic rings. The molecule has 172 valence electrons. The summed E-state index contributed by atoms with van der Waals surface area (Å²) >= 11 is 5.90. The van der Waals surface area contributed by atoms with Crippen LogP contribution in [0.15, 0.2) is 94.9 Å². The normalized spacial score (nSPS) is 12.0. The first-order valence-electron chi connectivity index (χ1n) is 10.5. The lowest BCUT2D eigenvalue weighted by molar-refractivity contribution is -0.121. The van der Waals surface area contributed by atoms with E-state index in [9.17, 15) is 13.2 Å². The maximum absolute atomic E-state index is 13.2. The average Bonchev–Trinajstić information content (AvgIpc) is 2.82. The van der Waals surface area contributed by atoms with Crippen molar-refractivity contribution in [2.24, 2.45) is 5.10 Å². The topological polar surface area (TPSA) is 78.8 Å². The van der Waals surface area contributed by atoms with Crippen molar-refractivity contribution in [3.63, 3.8) is 0 Å². The fourth-order valence-electron chi connectivity index (χ4n) is 3.15. The van der Waals surface area contributed by atoms with Gasteiger partial charge in [0.05, 0.1) is 11.4 Å². The van der Waals surface area contributed by atoms with Crippen LogP contribution < -0.4 is 5.43 Å². The zero-order valence-electron chi connectivity index (χ0n) is 18.3. The SMILES string of the molecule is C/C(CCc1ccccc1)=N/NC(=O)CN(Cc1ccccc1)S(=O)(=O)c1ccc(Cl)cc1. The third-order valence-electron chi connectivity index (χ3n) is 4.96. The smallest absolute Gasteiger partial charge is 0.255 e. The Balaban J connectivity index is 1.69. The van der Waals surface area contributed by atoms with Gasteiger partial charge in [0.15, 0.2) is 0 Å². The number of nitrogens with zero attached hydrogens (tertiary/aromatic N) is 2. The van der Waals surface area contributed by atoms with Crippen LogP contribution in [0.2, 0.25) is 5.02 Å². The predicted octanol–water partition coefficient (Wildman–Crippen LogP) is 4.66. The zero-order valence-corrected chi connectivity index (χ0v) is 19.9. The highest BCUT2D eigenvalue weighted by molar-refractivity contribution is 7.89. The molecule has 0 saturated carbocycles. The van der Waals surface area contributed by atoms with Crippen molar-refractivity contribution in [1.82, 2.24) is 9.73 Å². The Bertz CT molecular complexity index is 1180. The number of aryl methyl sites for hydroxylation is 1. The quantitative estimate of drug-likeness (QED) is 0.336. The van der Waals surface area contributed by atoms with Crippen molar-refractivity contribution >= 4 is 33.2 Å².